The van der Waals surface area contributed by atoms with Crippen molar-refractivity contribution in [1.82, 2.24) is 4.90 Å². The predicted octanol–water partition coefficient (Wildman–Crippen LogP) is 8.23. The van der Waals surface area contributed by atoms with Gasteiger partial charge in [-0.05, 0) is 120 Å². The van der Waals surface area contributed by atoms with E-state index in [9.17, 15) is 47.4 Å². The first-order valence-corrected chi connectivity index (χ1v) is 28.2. The predicted molar refractivity (Wildman–Crippen MR) is 286 cm³/mol. The Kier molecular flexibility index (Phi) is 28.0. The lowest BCUT2D eigenvalue weighted by Gasteiger charge is -2.44. The highest BCUT2D eigenvalue weighted by Gasteiger charge is 2.51. The monoisotopic (exact) mass is 1110 g/mol. The van der Waals surface area contributed by atoms with Crippen LogP contribution in [0, 0.1) is 35.5 Å². The summed E-state index contributed by atoms with van der Waals surface area (Å²) < 4.78 is 84.4. The van der Waals surface area contributed by atoms with Crippen LogP contribution in [-0.4, -0.2) is 172 Å². The maximum atomic E-state index is 14.7. The molecule has 0 aromatic heterocycles. The molecule has 16 nitrogen and oxygen atoms in total. The van der Waals surface area contributed by atoms with Gasteiger partial charge in [0.25, 0.3) is 11.7 Å². The fourth-order valence-corrected chi connectivity index (χ4v) is 11.3. The zero-order valence-corrected chi connectivity index (χ0v) is 48.0. The van der Waals surface area contributed by atoms with Crippen molar-refractivity contribution in [3.63, 3.8) is 0 Å². The minimum absolute atomic E-state index is 0.0455. The maximum absolute atomic E-state index is 14.7. The number of ketones is 3. The van der Waals surface area contributed by atoms with Gasteiger partial charge >= 0.3 is 12.1 Å². The van der Waals surface area contributed by atoms with Gasteiger partial charge in [0.15, 0.2) is 5.78 Å². The molecule has 0 spiro atoms. The number of fused-ring (bicyclic) bond motifs is 3. The quantitative estimate of drug-likeness (QED) is 0.0647. The van der Waals surface area contributed by atoms with E-state index >= 15 is 0 Å². The van der Waals surface area contributed by atoms with Gasteiger partial charge in [0.05, 0.1) is 64.1 Å². The van der Waals surface area contributed by atoms with Gasteiger partial charge in [-0.15, -0.1) is 0 Å². The Balaban J connectivity index is 1.68. The Bertz CT molecular complexity index is 2040. The van der Waals surface area contributed by atoms with Crippen molar-refractivity contribution in [3.8, 4) is 0 Å². The van der Waals surface area contributed by atoms with Crippen LogP contribution in [0.4, 0.5) is 13.2 Å². The standard InChI is InChI=1S/C59H92F3NO15/c1-37-16-12-11-13-17-38(2)49(76-29-28-73-26-27-74-36-59(60,61)62)34-45-21-19-43(7)58(8,78-45)55(68)56(69)63-23-15-14-18-46(63)57(70)77-50(40(4)32-44-20-22-48(75-25-24-64)51(33-44)71-9)35-47(65)39(3)31-42(6)53(67)54(72-10)52(66)41(5)30-37/h11-13,16-17,31,37,39-41,43-46,48-51,53-54,64,67H,14-15,18-30,32-36H2,1-10H3/b13-11+,16-12+,38-17+,42-31+/t37-,39-,40-,41-,43-,44+,45+,46+,48-,49+,50+,51-,53-,54+,58-/m1/s1. The molecule has 2 N–H and O–H groups in total. The number of aliphatic hydroxyl groups is 2. The van der Waals surface area contributed by atoms with Crippen LogP contribution in [0.3, 0.4) is 0 Å². The number of rotatable bonds is 16. The van der Waals surface area contributed by atoms with E-state index in [-0.39, 0.29) is 106 Å². The van der Waals surface area contributed by atoms with E-state index in [4.69, 9.17) is 33.2 Å². The molecule has 4 rings (SSSR count). The van der Waals surface area contributed by atoms with Crippen LogP contribution < -0.4 is 0 Å². The van der Waals surface area contributed by atoms with Gasteiger partial charge in [0.2, 0.25) is 0 Å². The topological polar surface area (TPSA) is 203 Å². The van der Waals surface area contributed by atoms with Crippen LogP contribution >= 0.6 is 0 Å². The van der Waals surface area contributed by atoms with E-state index in [0.29, 0.717) is 63.4 Å². The molecule has 3 heterocycles. The third-order valence-corrected chi connectivity index (χ3v) is 16.2. The van der Waals surface area contributed by atoms with Crippen LogP contribution in [-0.2, 0) is 61.9 Å². The number of hydrogen-bond donors (Lipinski definition) is 2. The molecular formula is C59H92F3NO15. The molecule has 1 amide bonds. The molecule has 2 bridgehead atoms. The van der Waals surface area contributed by atoms with Crippen molar-refractivity contribution in [2.75, 3.05) is 67.0 Å². The summed E-state index contributed by atoms with van der Waals surface area (Å²) in [5.41, 5.74) is -0.395. The van der Waals surface area contributed by atoms with E-state index in [1.54, 1.807) is 40.9 Å². The number of amides is 1. The molecule has 19 heteroatoms. The summed E-state index contributed by atoms with van der Waals surface area (Å²) in [5.74, 6) is -4.83. The zero-order valence-electron chi connectivity index (χ0n) is 48.0. The lowest BCUT2D eigenvalue weighted by Crippen LogP contribution is -2.59. The fraction of sp³-hybridized carbons (Fsp3) is 0.780. The molecule has 2 saturated heterocycles. The first-order chi connectivity index (χ1) is 36.9. The molecule has 78 heavy (non-hydrogen) atoms. The molecule has 0 unspecified atom stereocenters. The largest absolute Gasteiger partial charge is 0.460 e. The summed E-state index contributed by atoms with van der Waals surface area (Å²) in [7, 11) is 2.98. The molecule has 0 aromatic carbocycles. The molecule has 1 saturated carbocycles. The summed E-state index contributed by atoms with van der Waals surface area (Å²) in [4.78, 5) is 73.5. The molecule has 15 atom stereocenters. The number of piperidine rings is 1. The second-order valence-corrected chi connectivity index (χ2v) is 22.5. The molecule has 3 fully saturated rings. The number of cyclic esters (lactones) is 1. The van der Waals surface area contributed by atoms with E-state index in [0.717, 1.165) is 12.0 Å². The normalized spacial score (nSPS) is 35.9. The number of aliphatic hydroxyl groups excluding tert-OH is 2. The van der Waals surface area contributed by atoms with Gasteiger partial charge in [0.1, 0.15) is 42.3 Å². The highest BCUT2D eigenvalue weighted by atomic mass is 19.4. The summed E-state index contributed by atoms with van der Waals surface area (Å²) in [5, 5.41) is 20.9. The van der Waals surface area contributed by atoms with Gasteiger partial charge in [-0.1, -0.05) is 71.1 Å². The Hall–Kier alpha value is -3.66. The zero-order chi connectivity index (χ0) is 57.7. The van der Waals surface area contributed by atoms with Crippen molar-refractivity contribution in [1.29, 1.82) is 0 Å². The molecule has 444 valence electrons. The number of esters is 1. The van der Waals surface area contributed by atoms with Gasteiger partial charge in [0, 0.05) is 45.4 Å². The maximum Gasteiger partial charge on any atom is 0.411 e. The third kappa shape index (κ3) is 20.4. The highest BCUT2D eigenvalue weighted by molar-refractivity contribution is 6.39. The number of alkyl halides is 3. The Morgan fingerprint density at radius 2 is 1.54 bits per heavy atom. The second kappa shape index (κ2) is 32.7. The Morgan fingerprint density at radius 1 is 0.821 bits per heavy atom. The van der Waals surface area contributed by atoms with Crippen LogP contribution in [0.15, 0.2) is 47.6 Å². The van der Waals surface area contributed by atoms with Gasteiger partial charge in [-0.3, -0.25) is 19.2 Å². The van der Waals surface area contributed by atoms with E-state index < -0.39 is 84.4 Å². The smallest absolute Gasteiger partial charge is 0.411 e. The Labute approximate surface area is 461 Å². The number of Topliss-reactive ketones (excluding diaryl/α,β-unsaturated/α-hetero) is 3. The number of ether oxygens (including phenoxy) is 8. The van der Waals surface area contributed by atoms with Crippen molar-refractivity contribution in [2.24, 2.45) is 35.5 Å². The average Bonchev–Trinajstić information content (AvgIpc) is 3.43. The number of methoxy groups -OCH3 is 2. The van der Waals surface area contributed by atoms with Gasteiger partial charge in [-0.25, -0.2) is 4.79 Å². The van der Waals surface area contributed by atoms with Gasteiger partial charge in [-0.2, -0.15) is 13.2 Å². The van der Waals surface area contributed by atoms with Crippen LogP contribution in [0.5, 0.6) is 0 Å². The lowest BCUT2D eigenvalue weighted by molar-refractivity contribution is -0.185. The number of carbonyl (C=O) groups is 5. The van der Waals surface area contributed by atoms with E-state index in [2.05, 4.69) is 4.74 Å². The summed E-state index contributed by atoms with van der Waals surface area (Å²) in [6.07, 6.45) is 7.29. The molecule has 4 aliphatic rings. The number of halogens is 3. The molecule has 1 aliphatic carbocycles. The van der Waals surface area contributed by atoms with Crippen LogP contribution in [0.1, 0.15) is 132 Å². The number of carbonyl (C=O) groups excluding carboxylic acids is 5. The summed E-state index contributed by atoms with van der Waals surface area (Å²) >= 11 is 0. The number of hydrogen-bond acceptors (Lipinski definition) is 15. The molecule has 0 radical (unpaired) electrons. The van der Waals surface area contributed by atoms with Crippen molar-refractivity contribution in [2.45, 2.75) is 193 Å². The molecular weight excluding hydrogens is 1020 g/mol. The van der Waals surface area contributed by atoms with E-state index in [1.165, 1.54) is 12.0 Å². The first-order valence-electron chi connectivity index (χ1n) is 28.2. The lowest BCUT2D eigenvalue weighted by atomic mass is 9.78. The molecule has 3 aliphatic heterocycles. The van der Waals surface area contributed by atoms with Crippen LogP contribution in [0.2, 0.25) is 0 Å². The molecule has 0 aromatic rings. The van der Waals surface area contributed by atoms with Crippen LogP contribution in [0.25, 0.3) is 0 Å². The second-order valence-electron chi connectivity index (χ2n) is 22.5. The third-order valence-electron chi connectivity index (χ3n) is 16.2. The SMILES string of the molecule is CO[C@@H]1C[C@H](C[C@@H](C)[C@@H]2CC(=O)[C@H](C)/C=C(\C)[C@@H](O)[C@@H](OC)C(=O)[C@H](C)C[C@H](C)/C=C/C=C/C=C(\C)[C@@H](OCCOCCOCC(F)(F)F)C[C@@H]3CC[C@@H](C)[C@@](C)(O3)C(=O)C(=O)N3CCCC[C@H]3C(=O)O2)CC[C@H]1OCCO. The number of nitrogens with zero attached hydrogens (tertiary/aromatic N) is 1. The van der Waals surface area contributed by atoms with Crippen molar-refractivity contribution >= 4 is 29.2 Å². The van der Waals surface area contributed by atoms with Gasteiger partial charge < -0.3 is 53.0 Å². The fourth-order valence-electron chi connectivity index (χ4n) is 11.3. The van der Waals surface area contributed by atoms with Crippen molar-refractivity contribution < 1.29 is 85.3 Å². The minimum Gasteiger partial charge on any atom is -0.460 e. The highest BCUT2D eigenvalue weighted by Crippen LogP contribution is 2.39. The average molecular weight is 1110 g/mol. The Morgan fingerprint density at radius 3 is 2.23 bits per heavy atom. The van der Waals surface area contributed by atoms with E-state index in [1.807, 2.05) is 58.1 Å². The number of allylic oxidation sites excluding steroid dienone is 6. The first kappa shape index (κ1) is 66.8. The summed E-state index contributed by atoms with van der Waals surface area (Å²) in [6, 6.07) is -1.11. The summed E-state index contributed by atoms with van der Waals surface area (Å²) in [6.45, 7) is 13.1. The minimum atomic E-state index is -4.44. The van der Waals surface area contributed by atoms with Crippen molar-refractivity contribution in [3.05, 3.63) is 47.6 Å².